The number of hydrazine groups is 1. The molecule has 0 spiro atoms. The van der Waals surface area contributed by atoms with Crippen LogP contribution < -0.4 is 15.6 Å². The van der Waals surface area contributed by atoms with Crippen LogP contribution in [0.4, 0.5) is 0 Å². The van der Waals surface area contributed by atoms with Crippen LogP contribution in [0.2, 0.25) is 0 Å². The number of carbonyl (C=O) groups is 2. The number of fused-ring (bicyclic) bond motifs is 1. The molecule has 4 aromatic rings. The average Bonchev–Trinajstić information content (AvgIpc) is 3.28. The van der Waals surface area contributed by atoms with Gasteiger partial charge in [-0.05, 0) is 48.9 Å². The smallest absolute Gasteiger partial charge is 0.276 e. The summed E-state index contributed by atoms with van der Waals surface area (Å²) >= 11 is 1.55. The first-order valence-electron chi connectivity index (χ1n) is 10.6. The highest BCUT2D eigenvalue weighted by atomic mass is 32.1. The second-order valence-corrected chi connectivity index (χ2v) is 8.99. The summed E-state index contributed by atoms with van der Waals surface area (Å²) in [5, 5.41) is 9.68. The quantitative estimate of drug-likeness (QED) is 0.399. The SMILES string of the molecule is CC(Cc1nc2ccccc2s1)(C(=O)NNC(=O)COc1ccc(C#N)cc1)c1ccccc1. The third kappa shape index (κ3) is 5.22. The van der Waals surface area contributed by atoms with Crippen molar-refractivity contribution in [3.8, 4) is 11.8 Å². The molecule has 34 heavy (non-hydrogen) atoms. The summed E-state index contributed by atoms with van der Waals surface area (Å²) in [4.78, 5) is 30.3. The molecule has 2 N–H and O–H groups in total. The predicted molar refractivity (Wildman–Crippen MR) is 130 cm³/mol. The number of nitriles is 1. The Morgan fingerprint density at radius 2 is 1.71 bits per heavy atom. The van der Waals surface area contributed by atoms with Crippen LogP contribution >= 0.6 is 11.3 Å². The van der Waals surface area contributed by atoms with Crippen LogP contribution in [0.15, 0.2) is 78.9 Å². The number of hydrogen-bond donors (Lipinski definition) is 2. The molecule has 1 aromatic heterocycles. The van der Waals surface area contributed by atoms with Crippen molar-refractivity contribution in [1.29, 1.82) is 5.26 Å². The zero-order valence-electron chi connectivity index (χ0n) is 18.4. The number of carbonyl (C=O) groups excluding carboxylic acids is 2. The number of aromatic nitrogens is 1. The van der Waals surface area contributed by atoms with Gasteiger partial charge < -0.3 is 4.74 Å². The normalized spacial score (nSPS) is 12.4. The first-order chi connectivity index (χ1) is 16.5. The molecular weight excluding hydrogens is 448 g/mol. The molecule has 7 nitrogen and oxygen atoms in total. The fraction of sp³-hybridized carbons (Fsp3) is 0.154. The van der Waals surface area contributed by atoms with Crippen molar-refractivity contribution in [1.82, 2.24) is 15.8 Å². The van der Waals surface area contributed by atoms with E-state index in [0.29, 0.717) is 17.7 Å². The Labute approximate surface area is 201 Å². The van der Waals surface area contributed by atoms with Crippen LogP contribution in [0, 0.1) is 11.3 Å². The Morgan fingerprint density at radius 3 is 2.41 bits per heavy atom. The van der Waals surface area contributed by atoms with Gasteiger partial charge >= 0.3 is 0 Å². The summed E-state index contributed by atoms with van der Waals surface area (Å²) in [5.74, 6) is -0.414. The minimum absolute atomic E-state index is 0.286. The maximum absolute atomic E-state index is 13.3. The summed E-state index contributed by atoms with van der Waals surface area (Å²) in [6.07, 6.45) is 0.375. The first kappa shape index (κ1) is 23.0. The number of para-hydroxylation sites is 1. The van der Waals surface area contributed by atoms with Crippen molar-refractivity contribution >= 4 is 33.4 Å². The highest BCUT2D eigenvalue weighted by Crippen LogP contribution is 2.32. The number of hydrogen-bond acceptors (Lipinski definition) is 6. The van der Waals surface area contributed by atoms with Crippen molar-refractivity contribution in [3.05, 3.63) is 95.0 Å². The van der Waals surface area contributed by atoms with Gasteiger partial charge in [-0.15, -0.1) is 11.3 Å². The van der Waals surface area contributed by atoms with Gasteiger partial charge in [-0.3, -0.25) is 20.4 Å². The molecule has 0 radical (unpaired) electrons. The fourth-order valence-electron chi connectivity index (χ4n) is 3.49. The summed E-state index contributed by atoms with van der Waals surface area (Å²) in [5.41, 5.74) is 6.22. The molecule has 0 aliphatic rings. The van der Waals surface area contributed by atoms with Gasteiger partial charge in [0.15, 0.2) is 6.61 Å². The molecule has 170 valence electrons. The van der Waals surface area contributed by atoms with E-state index in [2.05, 4.69) is 15.8 Å². The van der Waals surface area contributed by atoms with E-state index in [9.17, 15) is 9.59 Å². The summed E-state index contributed by atoms with van der Waals surface area (Å²) in [7, 11) is 0. The number of amides is 2. The third-order valence-corrected chi connectivity index (χ3v) is 6.46. The second kappa shape index (κ2) is 10.1. The minimum Gasteiger partial charge on any atom is -0.484 e. The van der Waals surface area contributed by atoms with Crippen LogP contribution in [0.3, 0.4) is 0 Å². The summed E-state index contributed by atoms with van der Waals surface area (Å²) in [6, 6.07) is 25.7. The Kier molecular flexibility index (Phi) is 6.85. The Balaban J connectivity index is 1.44. The van der Waals surface area contributed by atoms with Gasteiger partial charge in [-0.25, -0.2) is 4.98 Å². The van der Waals surface area contributed by atoms with Gasteiger partial charge in [-0.1, -0.05) is 42.5 Å². The number of nitrogens with zero attached hydrogens (tertiary/aromatic N) is 2. The van der Waals surface area contributed by atoms with E-state index in [4.69, 9.17) is 10.00 Å². The molecule has 3 aromatic carbocycles. The molecule has 0 saturated heterocycles. The van der Waals surface area contributed by atoms with Crippen molar-refractivity contribution in [2.24, 2.45) is 0 Å². The number of nitrogens with one attached hydrogen (secondary N) is 2. The summed E-state index contributed by atoms with van der Waals surface area (Å²) < 4.78 is 6.48. The largest absolute Gasteiger partial charge is 0.484 e. The zero-order chi connectivity index (χ0) is 24.0. The monoisotopic (exact) mass is 470 g/mol. The van der Waals surface area contributed by atoms with E-state index in [0.717, 1.165) is 20.8 Å². The van der Waals surface area contributed by atoms with Crippen molar-refractivity contribution in [2.45, 2.75) is 18.8 Å². The van der Waals surface area contributed by atoms with Crippen LogP contribution in [-0.4, -0.2) is 23.4 Å². The number of ether oxygens (including phenoxy) is 1. The van der Waals surface area contributed by atoms with Gasteiger partial charge in [0.25, 0.3) is 5.91 Å². The topological polar surface area (TPSA) is 104 Å². The third-order valence-electron chi connectivity index (χ3n) is 5.42. The molecule has 1 heterocycles. The molecule has 4 rings (SSSR count). The van der Waals surface area contributed by atoms with Crippen LogP contribution in [0.5, 0.6) is 5.75 Å². The number of thiazole rings is 1. The van der Waals surface area contributed by atoms with E-state index < -0.39 is 11.3 Å². The lowest BCUT2D eigenvalue weighted by molar-refractivity contribution is -0.132. The second-order valence-electron chi connectivity index (χ2n) is 7.88. The number of rotatable bonds is 7. The van der Waals surface area contributed by atoms with Gasteiger partial charge in [0.05, 0.1) is 32.3 Å². The van der Waals surface area contributed by atoms with Crippen LogP contribution in [-0.2, 0) is 21.4 Å². The van der Waals surface area contributed by atoms with Crippen LogP contribution in [0.25, 0.3) is 10.2 Å². The highest BCUT2D eigenvalue weighted by molar-refractivity contribution is 7.18. The van der Waals surface area contributed by atoms with Gasteiger partial charge in [-0.2, -0.15) is 5.26 Å². The van der Waals surface area contributed by atoms with Crippen LogP contribution in [0.1, 0.15) is 23.1 Å². The molecule has 2 amide bonds. The lowest BCUT2D eigenvalue weighted by atomic mass is 9.79. The maximum Gasteiger partial charge on any atom is 0.276 e. The van der Waals surface area contributed by atoms with E-state index >= 15 is 0 Å². The first-order valence-corrected chi connectivity index (χ1v) is 11.4. The van der Waals surface area contributed by atoms with Gasteiger partial charge in [0, 0.05) is 6.42 Å². The minimum atomic E-state index is -0.962. The Bertz CT molecular complexity index is 1310. The Morgan fingerprint density at radius 1 is 1.00 bits per heavy atom. The molecule has 8 heteroatoms. The highest BCUT2D eigenvalue weighted by Gasteiger charge is 2.36. The lowest BCUT2D eigenvalue weighted by Crippen LogP contribution is -2.52. The van der Waals surface area contributed by atoms with Crippen molar-refractivity contribution in [2.75, 3.05) is 6.61 Å². The molecular formula is C26H22N4O3S. The predicted octanol–water partition coefficient (Wildman–Crippen LogP) is 3.89. The molecule has 0 fully saturated rings. The molecule has 0 bridgehead atoms. The fourth-order valence-corrected chi connectivity index (χ4v) is 4.62. The Hall–Kier alpha value is -4.22. The maximum atomic E-state index is 13.3. The van der Waals surface area contributed by atoms with E-state index in [1.54, 1.807) is 35.6 Å². The van der Waals surface area contributed by atoms with E-state index in [1.807, 2.05) is 67.6 Å². The average molecular weight is 471 g/mol. The molecule has 1 unspecified atom stereocenters. The standard InChI is InChI=1S/C26H22N4O3S/c1-26(19-7-3-2-4-8-19,15-24-28-21-9-5-6-10-22(21)34-24)25(32)30-29-23(31)17-33-20-13-11-18(16-27)12-14-20/h2-14H,15,17H2,1H3,(H,29,31)(H,30,32). The van der Waals surface area contributed by atoms with Gasteiger partial charge in [0.1, 0.15) is 5.75 Å². The zero-order valence-corrected chi connectivity index (χ0v) is 19.3. The number of benzene rings is 3. The molecule has 1 atom stereocenters. The van der Waals surface area contributed by atoms with E-state index in [-0.39, 0.29) is 12.5 Å². The van der Waals surface area contributed by atoms with Crippen molar-refractivity contribution in [3.63, 3.8) is 0 Å². The lowest BCUT2D eigenvalue weighted by Gasteiger charge is -2.28. The summed E-state index contributed by atoms with van der Waals surface area (Å²) in [6.45, 7) is 1.55. The molecule has 0 saturated carbocycles. The molecule has 0 aliphatic heterocycles. The van der Waals surface area contributed by atoms with Crippen molar-refractivity contribution < 1.29 is 14.3 Å². The van der Waals surface area contributed by atoms with E-state index in [1.165, 1.54) is 0 Å². The van der Waals surface area contributed by atoms with Gasteiger partial charge in [0.2, 0.25) is 5.91 Å². The molecule has 0 aliphatic carbocycles.